The van der Waals surface area contributed by atoms with Crippen LogP contribution in [-0.4, -0.2) is 29.2 Å². The van der Waals surface area contributed by atoms with Gasteiger partial charge in [-0.1, -0.05) is 0 Å². The lowest BCUT2D eigenvalue weighted by Gasteiger charge is -2.18. The number of rotatable bonds is 6. The second kappa shape index (κ2) is 6.70. The number of nitrogens with one attached hydrogen (secondary N) is 1. The number of hydrogen-bond acceptors (Lipinski definition) is 5. The molecule has 106 valence electrons. The maximum Gasteiger partial charge on any atom is 0.272 e. The molecule has 0 fully saturated rings. The van der Waals surface area contributed by atoms with Crippen molar-refractivity contribution in [2.75, 3.05) is 18.0 Å². The molecular formula is C14H18N4O2. The summed E-state index contributed by atoms with van der Waals surface area (Å²) >= 11 is 0. The summed E-state index contributed by atoms with van der Waals surface area (Å²) in [4.78, 5) is 14.0. The van der Waals surface area contributed by atoms with Crippen LogP contribution in [0.3, 0.4) is 0 Å². The Morgan fingerprint density at radius 1 is 1.25 bits per heavy atom. The number of carbonyl (C=O) groups is 1. The first-order valence-electron chi connectivity index (χ1n) is 6.63. The normalized spacial score (nSPS) is 10.3. The molecule has 0 saturated carbocycles. The number of anilines is 1. The zero-order valence-corrected chi connectivity index (χ0v) is 11.7. The van der Waals surface area contributed by atoms with Crippen LogP contribution in [0.5, 0.6) is 0 Å². The Morgan fingerprint density at radius 3 is 2.60 bits per heavy atom. The molecule has 0 atom stereocenters. The number of carbonyl (C=O) groups excluding carboxylic acids is 1. The topological polar surface area (TPSA) is 71.3 Å². The van der Waals surface area contributed by atoms with Gasteiger partial charge in [-0.25, -0.2) is 0 Å². The van der Waals surface area contributed by atoms with Gasteiger partial charge in [-0.3, -0.25) is 4.79 Å². The van der Waals surface area contributed by atoms with E-state index in [1.807, 2.05) is 6.07 Å². The van der Waals surface area contributed by atoms with Gasteiger partial charge in [0.2, 0.25) is 0 Å². The van der Waals surface area contributed by atoms with Crippen LogP contribution in [0, 0.1) is 0 Å². The van der Waals surface area contributed by atoms with Gasteiger partial charge in [0, 0.05) is 13.1 Å². The number of aromatic nitrogens is 2. The zero-order valence-electron chi connectivity index (χ0n) is 11.7. The molecule has 0 aliphatic rings. The van der Waals surface area contributed by atoms with E-state index in [1.54, 1.807) is 24.5 Å². The van der Waals surface area contributed by atoms with Crippen LogP contribution in [0.4, 0.5) is 5.82 Å². The maximum absolute atomic E-state index is 11.9. The monoisotopic (exact) mass is 274 g/mol. The van der Waals surface area contributed by atoms with E-state index in [4.69, 9.17) is 4.42 Å². The molecule has 20 heavy (non-hydrogen) atoms. The summed E-state index contributed by atoms with van der Waals surface area (Å²) in [7, 11) is 0. The summed E-state index contributed by atoms with van der Waals surface area (Å²) in [5, 5.41) is 10.8. The van der Waals surface area contributed by atoms with Crippen molar-refractivity contribution in [1.82, 2.24) is 15.5 Å². The van der Waals surface area contributed by atoms with Crippen molar-refractivity contribution in [2.24, 2.45) is 0 Å². The van der Waals surface area contributed by atoms with Gasteiger partial charge < -0.3 is 14.6 Å². The third kappa shape index (κ3) is 3.34. The first-order valence-corrected chi connectivity index (χ1v) is 6.63. The molecule has 2 aromatic heterocycles. The van der Waals surface area contributed by atoms with Crippen molar-refractivity contribution in [3.63, 3.8) is 0 Å². The smallest absolute Gasteiger partial charge is 0.272 e. The van der Waals surface area contributed by atoms with Crippen molar-refractivity contribution in [1.29, 1.82) is 0 Å². The second-order valence-corrected chi connectivity index (χ2v) is 4.21. The second-order valence-electron chi connectivity index (χ2n) is 4.21. The van der Waals surface area contributed by atoms with Crippen LogP contribution in [0.1, 0.15) is 30.1 Å². The fourth-order valence-electron chi connectivity index (χ4n) is 1.83. The molecule has 2 heterocycles. The highest BCUT2D eigenvalue weighted by atomic mass is 16.3. The molecule has 2 rings (SSSR count). The summed E-state index contributed by atoms with van der Waals surface area (Å²) in [6.45, 7) is 6.15. The Balaban J connectivity index is 1.96. The minimum Gasteiger partial charge on any atom is -0.467 e. The van der Waals surface area contributed by atoms with E-state index in [9.17, 15) is 4.79 Å². The predicted octanol–water partition coefficient (Wildman–Crippen LogP) is 1.85. The van der Waals surface area contributed by atoms with Crippen LogP contribution in [0.2, 0.25) is 0 Å². The summed E-state index contributed by atoms with van der Waals surface area (Å²) in [6, 6.07) is 7.07. The fraction of sp³-hybridized carbons (Fsp3) is 0.357. The highest BCUT2D eigenvalue weighted by molar-refractivity contribution is 5.92. The molecule has 0 bridgehead atoms. The van der Waals surface area contributed by atoms with Gasteiger partial charge in [-0.05, 0) is 38.1 Å². The molecular weight excluding hydrogens is 256 g/mol. The Bertz CT molecular complexity index is 533. The summed E-state index contributed by atoms with van der Waals surface area (Å²) in [6.07, 6.45) is 1.57. The largest absolute Gasteiger partial charge is 0.467 e. The van der Waals surface area contributed by atoms with E-state index in [0.29, 0.717) is 18.0 Å². The molecule has 6 nitrogen and oxygen atoms in total. The number of nitrogens with zero attached hydrogens (tertiary/aromatic N) is 3. The molecule has 1 amide bonds. The van der Waals surface area contributed by atoms with Crippen LogP contribution < -0.4 is 10.2 Å². The van der Waals surface area contributed by atoms with Crippen molar-refractivity contribution >= 4 is 11.7 Å². The summed E-state index contributed by atoms with van der Waals surface area (Å²) in [5.41, 5.74) is 0.299. The molecule has 2 aromatic rings. The lowest BCUT2D eigenvalue weighted by Crippen LogP contribution is -2.26. The van der Waals surface area contributed by atoms with Gasteiger partial charge in [0.05, 0.1) is 12.8 Å². The first kappa shape index (κ1) is 14.0. The van der Waals surface area contributed by atoms with Crippen LogP contribution in [0.25, 0.3) is 0 Å². The third-order valence-corrected chi connectivity index (χ3v) is 2.97. The van der Waals surface area contributed by atoms with Gasteiger partial charge in [0.1, 0.15) is 5.76 Å². The van der Waals surface area contributed by atoms with Crippen molar-refractivity contribution in [3.05, 3.63) is 42.0 Å². The van der Waals surface area contributed by atoms with E-state index >= 15 is 0 Å². The Hall–Kier alpha value is -2.37. The van der Waals surface area contributed by atoms with E-state index in [1.165, 1.54) is 0 Å². The van der Waals surface area contributed by atoms with Crippen LogP contribution in [-0.2, 0) is 6.54 Å². The number of furan rings is 1. The van der Waals surface area contributed by atoms with Crippen LogP contribution >= 0.6 is 0 Å². The van der Waals surface area contributed by atoms with Crippen LogP contribution in [0.15, 0.2) is 34.9 Å². The predicted molar refractivity (Wildman–Crippen MR) is 75.5 cm³/mol. The average molecular weight is 274 g/mol. The minimum atomic E-state index is -0.264. The first-order chi connectivity index (χ1) is 9.74. The standard InChI is InChI=1S/C14H18N4O2/c1-3-18(4-2)13-8-7-12(16-17-13)14(19)15-10-11-6-5-9-20-11/h5-9H,3-4,10H2,1-2H3,(H,15,19). The van der Waals surface area contributed by atoms with E-state index in [2.05, 4.69) is 34.3 Å². The molecule has 0 radical (unpaired) electrons. The van der Waals surface area contributed by atoms with Gasteiger partial charge in [-0.2, -0.15) is 0 Å². The Labute approximate surface area is 117 Å². The molecule has 1 N–H and O–H groups in total. The van der Waals surface area contributed by atoms with E-state index in [0.717, 1.165) is 18.9 Å². The molecule has 0 aliphatic carbocycles. The van der Waals surface area contributed by atoms with Crippen molar-refractivity contribution in [3.8, 4) is 0 Å². The molecule has 0 unspecified atom stereocenters. The molecule has 0 saturated heterocycles. The fourth-order valence-corrected chi connectivity index (χ4v) is 1.83. The molecule has 0 aliphatic heterocycles. The van der Waals surface area contributed by atoms with Gasteiger partial charge >= 0.3 is 0 Å². The quantitative estimate of drug-likeness (QED) is 0.870. The molecule has 6 heteroatoms. The minimum absolute atomic E-state index is 0.264. The molecule has 0 spiro atoms. The van der Waals surface area contributed by atoms with Crippen molar-refractivity contribution < 1.29 is 9.21 Å². The molecule has 0 aromatic carbocycles. The third-order valence-electron chi connectivity index (χ3n) is 2.97. The van der Waals surface area contributed by atoms with Gasteiger partial charge in [0.25, 0.3) is 5.91 Å². The summed E-state index contributed by atoms with van der Waals surface area (Å²) in [5.74, 6) is 1.21. The highest BCUT2D eigenvalue weighted by Gasteiger charge is 2.10. The number of hydrogen-bond donors (Lipinski definition) is 1. The average Bonchev–Trinajstić information content (AvgIpc) is 3.00. The Kier molecular flexibility index (Phi) is 4.70. The lowest BCUT2D eigenvalue weighted by molar-refractivity contribution is 0.0942. The van der Waals surface area contributed by atoms with Crippen molar-refractivity contribution in [2.45, 2.75) is 20.4 Å². The number of amides is 1. The summed E-state index contributed by atoms with van der Waals surface area (Å²) < 4.78 is 5.14. The van der Waals surface area contributed by atoms with Gasteiger partial charge in [0.15, 0.2) is 11.5 Å². The SMILES string of the molecule is CCN(CC)c1ccc(C(=O)NCc2ccco2)nn1. The highest BCUT2D eigenvalue weighted by Crippen LogP contribution is 2.09. The zero-order chi connectivity index (χ0) is 14.4. The van der Waals surface area contributed by atoms with E-state index in [-0.39, 0.29) is 5.91 Å². The maximum atomic E-state index is 11.9. The Morgan fingerprint density at radius 2 is 2.05 bits per heavy atom. The lowest BCUT2D eigenvalue weighted by atomic mass is 10.3. The van der Waals surface area contributed by atoms with E-state index < -0.39 is 0 Å². The van der Waals surface area contributed by atoms with Gasteiger partial charge in [-0.15, -0.1) is 10.2 Å².